The highest BCUT2D eigenvalue weighted by atomic mass is 16.2. The van der Waals surface area contributed by atoms with Crippen molar-refractivity contribution in [1.29, 1.82) is 0 Å². The predicted molar refractivity (Wildman–Crippen MR) is 75.2 cm³/mol. The first-order valence-corrected chi connectivity index (χ1v) is 6.70. The molecule has 0 aliphatic carbocycles. The largest absolute Gasteiger partial charge is 0.373 e. The summed E-state index contributed by atoms with van der Waals surface area (Å²) in [6.45, 7) is 2.91. The van der Waals surface area contributed by atoms with Crippen molar-refractivity contribution in [2.24, 2.45) is 0 Å². The summed E-state index contributed by atoms with van der Waals surface area (Å²) in [4.78, 5) is 22.2. The van der Waals surface area contributed by atoms with Crippen LogP contribution in [0.25, 0.3) is 0 Å². The number of anilines is 2. The van der Waals surface area contributed by atoms with Crippen LogP contribution in [0.2, 0.25) is 0 Å². The summed E-state index contributed by atoms with van der Waals surface area (Å²) in [6, 6.07) is -0.166. The van der Waals surface area contributed by atoms with E-state index in [-0.39, 0.29) is 11.9 Å². The number of rotatable bonds is 5. The molecule has 1 amide bonds. The van der Waals surface area contributed by atoms with Gasteiger partial charge in [-0.3, -0.25) is 4.79 Å². The molecule has 2 rings (SSSR count). The van der Waals surface area contributed by atoms with E-state index >= 15 is 0 Å². The molecule has 6 nitrogen and oxygen atoms in total. The van der Waals surface area contributed by atoms with Crippen LogP contribution < -0.4 is 10.6 Å². The number of likely N-dealkylation sites (N-methyl/N-ethyl adjacent to an activating group) is 1. The van der Waals surface area contributed by atoms with Gasteiger partial charge in [0.05, 0.1) is 0 Å². The van der Waals surface area contributed by atoms with Gasteiger partial charge in [0, 0.05) is 26.2 Å². The molecule has 0 saturated carbocycles. The molecule has 1 fully saturated rings. The Kier molecular flexibility index (Phi) is 4.19. The fourth-order valence-corrected chi connectivity index (χ4v) is 2.36. The molecule has 0 aromatic carbocycles. The minimum atomic E-state index is -0.166. The van der Waals surface area contributed by atoms with E-state index in [1.165, 1.54) is 6.33 Å². The first kappa shape index (κ1) is 13.6. The summed E-state index contributed by atoms with van der Waals surface area (Å²) in [7, 11) is 3.68. The van der Waals surface area contributed by atoms with Crippen molar-refractivity contribution in [2.75, 3.05) is 31.3 Å². The Morgan fingerprint density at radius 3 is 2.74 bits per heavy atom. The summed E-state index contributed by atoms with van der Waals surface area (Å²) < 4.78 is 0. The quantitative estimate of drug-likeness (QED) is 0.833. The van der Waals surface area contributed by atoms with Gasteiger partial charge >= 0.3 is 0 Å². The number of aromatic nitrogens is 2. The average Bonchev–Trinajstić information content (AvgIpc) is 2.73. The zero-order chi connectivity index (χ0) is 13.8. The molecular formula is C13H21N5O. The Hall–Kier alpha value is -1.85. The molecule has 0 bridgehead atoms. The number of likely N-dealkylation sites (tertiary alicyclic amines) is 1. The smallest absolute Gasteiger partial charge is 0.244 e. The molecule has 104 valence electrons. The third kappa shape index (κ3) is 2.77. The Morgan fingerprint density at radius 1 is 1.42 bits per heavy atom. The summed E-state index contributed by atoms with van der Waals surface area (Å²) in [5, 5.41) is 6.35. The van der Waals surface area contributed by atoms with Gasteiger partial charge in [-0.05, 0) is 12.8 Å². The average molecular weight is 263 g/mol. The second-order valence-corrected chi connectivity index (χ2v) is 4.79. The topological polar surface area (TPSA) is 70.2 Å². The van der Waals surface area contributed by atoms with Crippen LogP contribution in [0.5, 0.6) is 0 Å². The molecule has 1 aliphatic heterocycles. The van der Waals surface area contributed by atoms with Crippen LogP contribution in [0.4, 0.5) is 11.6 Å². The number of nitrogens with zero attached hydrogens (tertiary/aromatic N) is 3. The summed E-state index contributed by atoms with van der Waals surface area (Å²) in [5.74, 6) is 1.74. The van der Waals surface area contributed by atoms with Gasteiger partial charge in [-0.1, -0.05) is 13.3 Å². The van der Waals surface area contributed by atoms with Gasteiger partial charge in [0.15, 0.2) is 0 Å². The van der Waals surface area contributed by atoms with Crippen molar-refractivity contribution in [3.8, 4) is 0 Å². The van der Waals surface area contributed by atoms with E-state index < -0.39 is 0 Å². The summed E-state index contributed by atoms with van der Waals surface area (Å²) in [5.41, 5.74) is 1.05. The third-order valence-corrected chi connectivity index (χ3v) is 3.42. The number of nitrogens with one attached hydrogen (secondary N) is 2. The van der Waals surface area contributed by atoms with E-state index in [9.17, 15) is 4.79 Å². The molecule has 1 aromatic rings. The Balaban J connectivity index is 2.22. The fraction of sp³-hybridized carbons (Fsp3) is 0.615. The molecule has 0 spiro atoms. The van der Waals surface area contributed by atoms with Crippen LogP contribution in [-0.2, 0) is 11.2 Å². The van der Waals surface area contributed by atoms with Crippen molar-refractivity contribution in [3.63, 3.8) is 0 Å². The van der Waals surface area contributed by atoms with E-state index in [2.05, 4.69) is 27.5 Å². The highest BCUT2D eigenvalue weighted by molar-refractivity contribution is 5.86. The van der Waals surface area contributed by atoms with Crippen molar-refractivity contribution in [1.82, 2.24) is 14.9 Å². The van der Waals surface area contributed by atoms with Crippen molar-refractivity contribution >= 4 is 17.5 Å². The molecule has 1 aliphatic rings. The minimum Gasteiger partial charge on any atom is -0.373 e. The fourth-order valence-electron chi connectivity index (χ4n) is 2.36. The second-order valence-electron chi connectivity index (χ2n) is 4.79. The van der Waals surface area contributed by atoms with Crippen LogP contribution in [0.1, 0.15) is 25.3 Å². The van der Waals surface area contributed by atoms with E-state index in [1.807, 2.05) is 14.1 Å². The van der Waals surface area contributed by atoms with E-state index in [4.69, 9.17) is 0 Å². The molecule has 1 atom stereocenters. The molecule has 19 heavy (non-hydrogen) atoms. The van der Waals surface area contributed by atoms with Crippen LogP contribution in [0, 0.1) is 0 Å². The Bertz CT molecular complexity index is 462. The predicted octanol–water partition coefficient (Wildman–Crippen LogP) is 1.11. The monoisotopic (exact) mass is 263 g/mol. The minimum absolute atomic E-state index is 0.132. The van der Waals surface area contributed by atoms with Gasteiger partial charge < -0.3 is 15.5 Å². The SMILES string of the molecule is CCCc1c(NC)ncnc1NC1CCN(C)C1=O. The molecule has 2 heterocycles. The number of carbonyl (C=O) groups is 1. The zero-order valence-corrected chi connectivity index (χ0v) is 11.7. The molecule has 1 unspecified atom stereocenters. The highest BCUT2D eigenvalue weighted by Crippen LogP contribution is 2.23. The van der Waals surface area contributed by atoms with Gasteiger partial charge in [0.25, 0.3) is 0 Å². The lowest BCUT2D eigenvalue weighted by molar-refractivity contribution is -0.127. The normalized spacial score (nSPS) is 18.8. The van der Waals surface area contributed by atoms with E-state index in [1.54, 1.807) is 4.90 Å². The number of hydrogen-bond donors (Lipinski definition) is 2. The van der Waals surface area contributed by atoms with Crippen LogP contribution >= 0.6 is 0 Å². The molecule has 1 saturated heterocycles. The second kappa shape index (κ2) is 5.86. The molecule has 0 radical (unpaired) electrons. The van der Waals surface area contributed by atoms with Crippen LogP contribution in [0.15, 0.2) is 6.33 Å². The lowest BCUT2D eigenvalue weighted by Crippen LogP contribution is -2.31. The number of amides is 1. The van der Waals surface area contributed by atoms with Crippen molar-refractivity contribution in [2.45, 2.75) is 32.2 Å². The first-order chi connectivity index (χ1) is 9.17. The van der Waals surface area contributed by atoms with Gasteiger partial charge in [-0.2, -0.15) is 0 Å². The molecule has 6 heteroatoms. The van der Waals surface area contributed by atoms with Crippen molar-refractivity contribution < 1.29 is 4.79 Å². The molecule has 1 aromatic heterocycles. The lowest BCUT2D eigenvalue weighted by atomic mass is 10.1. The maximum absolute atomic E-state index is 11.9. The van der Waals surface area contributed by atoms with Gasteiger partial charge in [0.2, 0.25) is 5.91 Å². The number of carbonyl (C=O) groups excluding carboxylic acids is 1. The van der Waals surface area contributed by atoms with E-state index in [0.29, 0.717) is 0 Å². The highest BCUT2D eigenvalue weighted by Gasteiger charge is 2.29. The third-order valence-electron chi connectivity index (χ3n) is 3.42. The maximum Gasteiger partial charge on any atom is 0.244 e. The van der Waals surface area contributed by atoms with Crippen LogP contribution in [0.3, 0.4) is 0 Å². The lowest BCUT2D eigenvalue weighted by Gasteiger charge is -2.17. The molecule has 2 N–H and O–H groups in total. The Morgan fingerprint density at radius 2 is 2.16 bits per heavy atom. The first-order valence-electron chi connectivity index (χ1n) is 6.70. The zero-order valence-electron chi connectivity index (χ0n) is 11.7. The van der Waals surface area contributed by atoms with Gasteiger partial charge in [-0.15, -0.1) is 0 Å². The number of hydrogen-bond acceptors (Lipinski definition) is 5. The summed E-state index contributed by atoms with van der Waals surface area (Å²) >= 11 is 0. The Labute approximate surface area is 113 Å². The van der Waals surface area contributed by atoms with Crippen LogP contribution in [-0.4, -0.2) is 47.5 Å². The van der Waals surface area contributed by atoms with Gasteiger partial charge in [0.1, 0.15) is 24.0 Å². The van der Waals surface area contributed by atoms with E-state index in [0.717, 1.165) is 43.0 Å². The summed E-state index contributed by atoms with van der Waals surface area (Å²) in [6.07, 6.45) is 4.24. The standard InChI is InChI=1S/C13H21N5O/c1-4-5-9-11(14-2)15-8-16-12(9)17-10-6-7-18(3)13(10)19/h8,10H,4-7H2,1-3H3,(H2,14,15,16,17). The van der Waals surface area contributed by atoms with Gasteiger partial charge in [-0.25, -0.2) is 9.97 Å². The van der Waals surface area contributed by atoms with Crippen molar-refractivity contribution in [3.05, 3.63) is 11.9 Å². The molecular weight excluding hydrogens is 242 g/mol. The maximum atomic E-state index is 11.9.